The highest BCUT2D eigenvalue weighted by Gasteiger charge is 2.27. The van der Waals surface area contributed by atoms with E-state index in [0.717, 1.165) is 32.5 Å². The summed E-state index contributed by atoms with van der Waals surface area (Å²) in [5.41, 5.74) is 0.882. The van der Waals surface area contributed by atoms with E-state index in [0.29, 0.717) is 36.3 Å². The van der Waals surface area contributed by atoms with E-state index in [9.17, 15) is 14.9 Å². The highest BCUT2D eigenvalue weighted by atomic mass is 16.6. The van der Waals surface area contributed by atoms with Crippen molar-refractivity contribution in [2.45, 2.75) is 32.7 Å². The third kappa shape index (κ3) is 4.48. The summed E-state index contributed by atoms with van der Waals surface area (Å²) in [5.74, 6) is 0.488. The van der Waals surface area contributed by atoms with Crippen LogP contribution in [0.5, 0.6) is 0 Å². The van der Waals surface area contributed by atoms with Crippen LogP contribution in [0.15, 0.2) is 18.2 Å². The van der Waals surface area contributed by atoms with Gasteiger partial charge in [-0.1, -0.05) is 13.8 Å². The molecule has 136 valence electrons. The van der Waals surface area contributed by atoms with E-state index >= 15 is 0 Å². The van der Waals surface area contributed by atoms with Crippen LogP contribution in [-0.2, 0) is 0 Å². The lowest BCUT2D eigenvalue weighted by atomic mass is 10.1. The summed E-state index contributed by atoms with van der Waals surface area (Å²) in [6.45, 7) is 8.46. The molecule has 0 aromatic heterocycles. The molecular weight excluding hydrogens is 320 g/mol. The molecule has 0 bridgehead atoms. The van der Waals surface area contributed by atoms with E-state index in [1.165, 1.54) is 6.07 Å². The van der Waals surface area contributed by atoms with Crippen LogP contribution in [0.4, 0.5) is 11.4 Å². The molecule has 0 unspecified atom stereocenters. The molecule has 1 heterocycles. The predicted molar refractivity (Wildman–Crippen MR) is 96.9 cm³/mol. The van der Waals surface area contributed by atoms with Crippen LogP contribution >= 0.6 is 0 Å². The molecule has 7 heteroatoms. The lowest BCUT2D eigenvalue weighted by Crippen LogP contribution is -2.49. The van der Waals surface area contributed by atoms with Gasteiger partial charge in [0, 0.05) is 50.4 Å². The fraction of sp³-hybridized carbons (Fsp3) is 0.611. The lowest BCUT2D eigenvalue weighted by Gasteiger charge is -2.35. The SMILES string of the molecule is CC(C)CN1CCN(C(=O)c2ccc(NC3CC3)c([N+](=O)[O-])c2)CC1. The van der Waals surface area contributed by atoms with Crippen LogP contribution in [0, 0.1) is 16.0 Å². The molecule has 0 radical (unpaired) electrons. The number of benzene rings is 1. The van der Waals surface area contributed by atoms with Gasteiger partial charge in [0.2, 0.25) is 0 Å². The minimum absolute atomic E-state index is 0.0174. The highest BCUT2D eigenvalue weighted by Crippen LogP contribution is 2.31. The predicted octanol–water partition coefficient (Wildman–Crippen LogP) is 2.58. The van der Waals surface area contributed by atoms with Gasteiger partial charge in [-0.05, 0) is 30.9 Å². The number of hydrogen-bond acceptors (Lipinski definition) is 5. The quantitative estimate of drug-likeness (QED) is 0.633. The minimum Gasteiger partial charge on any atom is -0.377 e. The van der Waals surface area contributed by atoms with Crippen molar-refractivity contribution in [1.29, 1.82) is 0 Å². The Balaban J connectivity index is 1.67. The van der Waals surface area contributed by atoms with Crippen molar-refractivity contribution in [3.63, 3.8) is 0 Å². The Morgan fingerprint density at radius 2 is 1.96 bits per heavy atom. The standard InChI is InChI=1S/C18H26N4O3/c1-13(2)12-20-7-9-21(10-8-20)18(23)14-3-6-16(19-15-4-5-15)17(11-14)22(24)25/h3,6,11,13,15,19H,4-5,7-10,12H2,1-2H3. The molecule has 0 spiro atoms. The summed E-state index contributed by atoms with van der Waals surface area (Å²) in [7, 11) is 0. The first kappa shape index (κ1) is 17.7. The number of carbonyl (C=O) groups is 1. The van der Waals surface area contributed by atoms with Gasteiger partial charge in [-0.15, -0.1) is 0 Å². The monoisotopic (exact) mass is 346 g/mol. The van der Waals surface area contributed by atoms with Crippen LogP contribution in [0.3, 0.4) is 0 Å². The Morgan fingerprint density at radius 3 is 2.52 bits per heavy atom. The molecule has 1 saturated carbocycles. The third-order valence-electron chi connectivity index (χ3n) is 4.66. The third-order valence-corrected chi connectivity index (χ3v) is 4.66. The smallest absolute Gasteiger partial charge is 0.293 e. The second kappa shape index (κ2) is 7.39. The minimum atomic E-state index is -0.415. The van der Waals surface area contributed by atoms with E-state index in [2.05, 4.69) is 24.1 Å². The zero-order chi connectivity index (χ0) is 18.0. The number of hydrogen-bond donors (Lipinski definition) is 1. The Kier molecular flexibility index (Phi) is 5.22. The number of anilines is 1. The summed E-state index contributed by atoms with van der Waals surface area (Å²) in [5, 5.41) is 14.5. The average molecular weight is 346 g/mol. The van der Waals surface area contributed by atoms with E-state index in [1.54, 1.807) is 17.0 Å². The summed E-state index contributed by atoms with van der Waals surface area (Å²) >= 11 is 0. The number of nitro groups is 1. The molecule has 2 aliphatic rings. The Bertz CT molecular complexity index is 650. The Labute approximate surface area is 148 Å². The molecule has 1 aromatic carbocycles. The zero-order valence-electron chi connectivity index (χ0n) is 14.9. The Morgan fingerprint density at radius 1 is 1.28 bits per heavy atom. The van der Waals surface area contributed by atoms with Crippen molar-refractivity contribution in [2.24, 2.45) is 5.92 Å². The summed E-state index contributed by atoms with van der Waals surface area (Å²) in [4.78, 5) is 27.8. The maximum absolute atomic E-state index is 12.7. The maximum Gasteiger partial charge on any atom is 0.293 e. The zero-order valence-corrected chi connectivity index (χ0v) is 14.9. The van der Waals surface area contributed by atoms with Gasteiger partial charge in [0.15, 0.2) is 0 Å². The van der Waals surface area contributed by atoms with Crippen LogP contribution in [0.1, 0.15) is 37.0 Å². The van der Waals surface area contributed by atoms with Crippen molar-refractivity contribution in [1.82, 2.24) is 9.80 Å². The van der Waals surface area contributed by atoms with Crippen molar-refractivity contribution < 1.29 is 9.72 Å². The van der Waals surface area contributed by atoms with Crippen molar-refractivity contribution in [3.8, 4) is 0 Å². The molecule has 25 heavy (non-hydrogen) atoms. The summed E-state index contributed by atoms with van der Waals surface area (Å²) < 4.78 is 0. The second-order valence-electron chi connectivity index (χ2n) is 7.39. The fourth-order valence-electron chi connectivity index (χ4n) is 3.22. The van der Waals surface area contributed by atoms with Crippen molar-refractivity contribution >= 4 is 17.3 Å². The number of nitrogens with one attached hydrogen (secondary N) is 1. The maximum atomic E-state index is 12.7. The van der Waals surface area contributed by atoms with Gasteiger partial charge in [-0.3, -0.25) is 19.8 Å². The number of carbonyl (C=O) groups excluding carboxylic acids is 1. The largest absolute Gasteiger partial charge is 0.377 e. The Hall–Kier alpha value is -2.15. The molecular formula is C18H26N4O3. The van der Waals surface area contributed by atoms with E-state index < -0.39 is 4.92 Å². The van der Waals surface area contributed by atoms with Gasteiger partial charge in [0.05, 0.1) is 4.92 Å². The van der Waals surface area contributed by atoms with E-state index in [4.69, 9.17) is 0 Å². The van der Waals surface area contributed by atoms with E-state index in [1.807, 2.05) is 0 Å². The fourth-order valence-corrected chi connectivity index (χ4v) is 3.22. The second-order valence-corrected chi connectivity index (χ2v) is 7.39. The number of rotatable bonds is 6. The normalized spacial score (nSPS) is 18.4. The number of nitrogens with zero attached hydrogens (tertiary/aromatic N) is 3. The van der Waals surface area contributed by atoms with Gasteiger partial charge in [0.1, 0.15) is 5.69 Å². The molecule has 1 saturated heterocycles. The highest BCUT2D eigenvalue weighted by molar-refractivity contribution is 5.95. The van der Waals surface area contributed by atoms with Gasteiger partial charge >= 0.3 is 0 Å². The topological polar surface area (TPSA) is 78.7 Å². The molecule has 3 rings (SSSR count). The first-order chi connectivity index (χ1) is 11.9. The average Bonchev–Trinajstić information content (AvgIpc) is 3.38. The molecule has 7 nitrogen and oxygen atoms in total. The van der Waals surface area contributed by atoms with E-state index in [-0.39, 0.29) is 11.6 Å². The molecule has 1 aliphatic heterocycles. The lowest BCUT2D eigenvalue weighted by molar-refractivity contribution is -0.384. The first-order valence-corrected chi connectivity index (χ1v) is 9.00. The van der Waals surface area contributed by atoms with Gasteiger partial charge < -0.3 is 10.2 Å². The number of amides is 1. The number of nitro benzene ring substituents is 1. The number of piperazine rings is 1. The van der Waals surface area contributed by atoms with Crippen LogP contribution < -0.4 is 5.32 Å². The van der Waals surface area contributed by atoms with Crippen molar-refractivity contribution in [3.05, 3.63) is 33.9 Å². The van der Waals surface area contributed by atoms with Gasteiger partial charge in [-0.2, -0.15) is 0 Å². The molecule has 2 fully saturated rings. The van der Waals surface area contributed by atoms with Crippen LogP contribution in [0.25, 0.3) is 0 Å². The summed E-state index contributed by atoms with van der Waals surface area (Å²) in [6.07, 6.45) is 2.08. The van der Waals surface area contributed by atoms with Crippen LogP contribution in [0.2, 0.25) is 0 Å². The molecule has 0 atom stereocenters. The molecule has 1 N–H and O–H groups in total. The van der Waals surface area contributed by atoms with Crippen molar-refractivity contribution in [2.75, 3.05) is 38.0 Å². The van der Waals surface area contributed by atoms with Gasteiger partial charge in [0.25, 0.3) is 11.6 Å². The summed E-state index contributed by atoms with van der Waals surface area (Å²) in [6, 6.07) is 5.10. The van der Waals surface area contributed by atoms with Crippen LogP contribution in [-0.4, -0.2) is 59.4 Å². The molecule has 1 amide bonds. The first-order valence-electron chi connectivity index (χ1n) is 9.00. The molecule has 1 aromatic rings. The van der Waals surface area contributed by atoms with Gasteiger partial charge in [-0.25, -0.2) is 0 Å². The molecule has 1 aliphatic carbocycles.